The van der Waals surface area contributed by atoms with Crippen LogP contribution in [0.15, 0.2) is 412 Å². The van der Waals surface area contributed by atoms with Crippen molar-refractivity contribution in [1.29, 1.82) is 0 Å². The molecule has 0 unspecified atom stereocenters. The highest BCUT2D eigenvalue weighted by atomic mass is 15.2. The number of aromatic nitrogens is 5. The second-order valence-corrected chi connectivity index (χ2v) is 35.3. The molecule has 25 aromatic rings. The molecule has 0 amide bonds. The Hall–Kier alpha value is -16.2. The second kappa shape index (κ2) is 27.7. The van der Waals surface area contributed by atoms with Crippen molar-refractivity contribution in [2.75, 3.05) is 9.80 Å². The van der Waals surface area contributed by atoms with Crippen LogP contribution < -0.4 is 26.2 Å². The molecule has 0 spiro atoms. The molecule has 8 heterocycles. The third-order valence-electron chi connectivity index (χ3n) is 26.3. The Kier molecular flexibility index (Phi) is 10.2. The topological polar surface area (TPSA) is 30.6 Å². The van der Waals surface area contributed by atoms with Crippen molar-refractivity contribution in [3.8, 4) is 67.3 Å². The predicted molar refractivity (Wildman–Crippen MR) is 552 cm³/mol. The maximum absolute atomic E-state index is 11.3. The van der Waals surface area contributed by atoms with Crippen LogP contribution in [-0.4, -0.2) is 29.4 Å². The second-order valence-electron chi connectivity index (χ2n) is 35.3. The molecule has 0 fully saturated rings. The van der Waals surface area contributed by atoms with Crippen LogP contribution in [0.1, 0.15) is 99.3 Å². The maximum Gasteiger partial charge on any atom is 0.252 e. The molecule has 0 saturated heterocycles. The minimum Gasteiger partial charge on any atom is -0.309 e. The van der Waals surface area contributed by atoms with Crippen LogP contribution in [0.3, 0.4) is 0 Å². The molecule has 2 aliphatic rings. The molecule has 6 aromatic heterocycles. The van der Waals surface area contributed by atoms with Gasteiger partial charge in [-0.1, -0.05) is 332 Å². The first-order chi connectivity index (χ1) is 78.0. The molecular formula is C122H86BN7. The van der Waals surface area contributed by atoms with Crippen LogP contribution in [-0.2, 0) is 10.8 Å². The van der Waals surface area contributed by atoms with E-state index in [0.29, 0.717) is 65.4 Å². The zero-order chi connectivity index (χ0) is 116. The van der Waals surface area contributed by atoms with Gasteiger partial charge in [0.15, 0.2) is 0 Å². The van der Waals surface area contributed by atoms with E-state index in [2.05, 4.69) is 0 Å². The molecule has 8 heteroatoms. The molecule has 0 saturated carbocycles. The SMILES string of the molecule is [2H]c1c([2H])c([2H])c(-c2cc(C(C)(C)C)cc(-c3c([2H])c([2H])c([2H])c([2H])c3[2H])c2N2c3cc(-n4c5c([2H])c([2H])c([2H])c([2H])c5c5c([2H])c([2H])c(-n6c7ccccc7c7ccccc76)c([2H])c54)ccc3B3c4ccc(-n5c6c([2H])c([2H])c([2H])c([2H])c6c6c([2H])c([2H])c(-n7c8ccccc8c8ccccc87)c([2H])c65)cc4N(c4c(-c5c([2H])c([2H])c([2H])c([2H])c5[2H])cc(C(C)(C)C)cc4-c4c([2H])c([2H])c([2H])c([2H])c4[2H])c4c3c2c2c3ccccc3n3c5ccccc5c4c23)c([2H])c1[2H]. The Labute approximate surface area is 800 Å². The number of nitrogens with zero attached hydrogens (tertiary/aromatic N) is 7. The maximum atomic E-state index is 11.3. The van der Waals surface area contributed by atoms with Gasteiger partial charge in [0.1, 0.15) is 0 Å². The standard InChI is InChI=1S/C122H86BN7/c1-121(2,3)79-67-95(75-35-11-7-12-36-75)116(96(68-79)76-37-13-8-14-38-76)129-111-73-83(126-105-55-31-23-47-89(105)91-63-59-81(71-109(91)126)124-101-51-27-19-43-85(101)86-44-20-28-52-102(86)124)61-65-99(111)123-100-66-62-84(127-106-56-32-24-48-90(106)92-64-60-82(72-110(92)127)125-103-53-29-21-45-87(103)88-46-22-30-54-104(88)125)74-112(100)130(117-97(77-39-15-9-16-40-77)69-80(122(4,5)6)70-98(117)78-41-17-10-18-42-78)120-114-94-50-26-34-58-108(94)128-107-57-33-25-49-93(107)113(118(114)128)119(129)115(120)123/h7-74H,1-6H3/i7D,8D,9D,10D,11D,12D,13D,14D,15D,16D,17D,18D,23D,24D,31D,32D,35D,36D,37D,38D,39D,40D,41D,42D,47D,48D,55D,56D,59D,60D,63D,64D,71D,72D. The number of para-hydroxylation sites is 8. The fraction of sp³-hybridized carbons (Fsp3) is 0.0656. The molecule has 0 atom stereocenters. The van der Waals surface area contributed by atoms with Crippen molar-refractivity contribution in [3.05, 3.63) is 423 Å². The Morgan fingerprint density at radius 1 is 0.246 bits per heavy atom. The van der Waals surface area contributed by atoms with Gasteiger partial charge in [-0.2, -0.15) is 0 Å². The van der Waals surface area contributed by atoms with Crippen LogP contribution in [0.2, 0.25) is 0 Å². The average molecular weight is 1700 g/mol. The van der Waals surface area contributed by atoms with Crippen molar-refractivity contribution < 1.29 is 46.6 Å². The monoisotopic (exact) mass is 1690 g/mol. The smallest absolute Gasteiger partial charge is 0.252 e. The van der Waals surface area contributed by atoms with E-state index in [4.69, 9.17) is 0 Å². The summed E-state index contributed by atoms with van der Waals surface area (Å²) in [6, 6.07) is 34.0. The van der Waals surface area contributed by atoms with Crippen molar-refractivity contribution in [2.45, 2.75) is 52.4 Å². The first-order valence-corrected chi connectivity index (χ1v) is 42.8. The van der Waals surface area contributed by atoms with Gasteiger partial charge in [-0.25, -0.2) is 0 Å². The molecule has 7 nitrogen and oxygen atoms in total. The van der Waals surface area contributed by atoms with Crippen LogP contribution in [0.5, 0.6) is 0 Å². The summed E-state index contributed by atoms with van der Waals surface area (Å²) in [5, 5.41) is 2.92. The summed E-state index contributed by atoms with van der Waals surface area (Å²) < 4.78 is 355. The predicted octanol–water partition coefficient (Wildman–Crippen LogP) is 30.6. The minimum atomic E-state index is -1.55. The lowest BCUT2D eigenvalue weighted by molar-refractivity contribution is 0.590. The quantitative estimate of drug-likeness (QED) is 0.128. The van der Waals surface area contributed by atoms with E-state index < -0.39 is 245 Å². The number of hydrogen-bond donors (Lipinski definition) is 0. The van der Waals surface area contributed by atoms with Gasteiger partial charge in [0.2, 0.25) is 0 Å². The van der Waals surface area contributed by atoms with Gasteiger partial charge in [0.25, 0.3) is 6.71 Å². The van der Waals surface area contributed by atoms with Gasteiger partial charge in [-0.3, -0.25) is 0 Å². The highest BCUT2D eigenvalue weighted by Gasteiger charge is 2.49. The number of fused-ring (bicyclic) bond motifs is 24. The molecule has 27 rings (SSSR count). The number of hydrogen-bond acceptors (Lipinski definition) is 2. The van der Waals surface area contributed by atoms with Gasteiger partial charge >= 0.3 is 0 Å². The fourth-order valence-electron chi connectivity index (χ4n) is 20.7. The summed E-state index contributed by atoms with van der Waals surface area (Å²) in [6.07, 6.45) is 0. The van der Waals surface area contributed by atoms with Crippen LogP contribution in [0.4, 0.5) is 34.1 Å². The molecular weight excluding hydrogens is 1570 g/mol. The van der Waals surface area contributed by atoms with Crippen LogP contribution >= 0.6 is 0 Å². The number of anilines is 6. The van der Waals surface area contributed by atoms with Crippen LogP contribution in [0.25, 0.3) is 193 Å². The zero-order valence-corrected chi connectivity index (χ0v) is 70.3. The molecule has 2 aliphatic heterocycles. The summed E-state index contributed by atoms with van der Waals surface area (Å²) >= 11 is 0. The lowest BCUT2D eigenvalue weighted by Gasteiger charge is -2.46. The van der Waals surface area contributed by atoms with E-state index in [-0.39, 0.29) is 167 Å². The normalized spacial score (nSPS) is 16.6. The first-order valence-electron chi connectivity index (χ1n) is 59.8. The van der Waals surface area contributed by atoms with Crippen molar-refractivity contribution >= 4 is 183 Å². The Bertz CT molecular complexity index is 10300. The first kappa shape index (κ1) is 48.0. The van der Waals surface area contributed by atoms with E-state index in [0.717, 1.165) is 0 Å². The van der Waals surface area contributed by atoms with E-state index >= 15 is 0 Å². The van der Waals surface area contributed by atoms with Crippen molar-refractivity contribution in [3.63, 3.8) is 0 Å². The molecule has 0 bridgehead atoms. The molecule has 130 heavy (non-hydrogen) atoms. The molecule has 0 aliphatic carbocycles. The fourth-order valence-corrected chi connectivity index (χ4v) is 20.7. The Morgan fingerprint density at radius 3 is 0.892 bits per heavy atom. The zero-order valence-electron chi connectivity index (χ0n) is 104. The number of rotatable bonds is 10. The van der Waals surface area contributed by atoms with Crippen molar-refractivity contribution in [2.24, 2.45) is 0 Å². The summed E-state index contributed by atoms with van der Waals surface area (Å²) in [7, 11) is 0. The average Bonchev–Trinajstić information content (AvgIpc) is 1.44. The Balaban J connectivity index is 0.931. The Morgan fingerprint density at radius 2 is 0.546 bits per heavy atom. The van der Waals surface area contributed by atoms with Gasteiger partial charge in [-0.15, -0.1) is 0 Å². The highest BCUT2D eigenvalue weighted by molar-refractivity contribution is 7.01. The van der Waals surface area contributed by atoms with Gasteiger partial charge in [0.05, 0.1) is 130 Å². The summed E-state index contributed by atoms with van der Waals surface area (Å²) in [6.45, 7) is 9.31. The molecule has 0 radical (unpaired) electrons. The van der Waals surface area contributed by atoms with Gasteiger partial charge < -0.3 is 32.5 Å². The van der Waals surface area contributed by atoms with E-state index in [1.807, 2.05) is 119 Å². The summed E-state index contributed by atoms with van der Waals surface area (Å²) in [5.74, 6) is 0. The van der Waals surface area contributed by atoms with E-state index in [1.54, 1.807) is 152 Å². The molecule has 19 aromatic carbocycles. The third-order valence-corrected chi connectivity index (χ3v) is 26.3. The highest BCUT2D eigenvalue weighted by Crippen LogP contribution is 2.60. The molecule has 612 valence electrons. The largest absolute Gasteiger partial charge is 0.309 e. The van der Waals surface area contributed by atoms with E-state index in [1.165, 1.54) is 9.13 Å². The minimum absolute atomic E-state index is 0.00285. The van der Waals surface area contributed by atoms with Gasteiger partial charge in [0, 0.05) is 121 Å². The molecule has 0 N–H and O–H groups in total. The van der Waals surface area contributed by atoms with E-state index in [9.17, 15) is 46.6 Å². The lowest BCUT2D eigenvalue weighted by Crippen LogP contribution is -2.61. The third kappa shape index (κ3) is 10.6. The summed E-state index contributed by atoms with van der Waals surface area (Å²) in [5.41, 5.74) is -3.90. The van der Waals surface area contributed by atoms with Crippen LogP contribution in [0, 0.1) is 0 Å². The number of benzene rings is 19. The van der Waals surface area contributed by atoms with Gasteiger partial charge in [-0.05, 0) is 182 Å². The lowest BCUT2D eigenvalue weighted by atomic mass is 9.33. The summed E-state index contributed by atoms with van der Waals surface area (Å²) in [4.78, 5) is 3.39. The van der Waals surface area contributed by atoms with Crippen molar-refractivity contribution in [1.82, 2.24) is 22.7 Å².